The van der Waals surface area contributed by atoms with E-state index in [1.165, 1.54) is 0 Å². The number of carbonyl (C=O) groups excluding carboxylic acids is 2. The Morgan fingerprint density at radius 1 is 0.923 bits per heavy atom. The number of ketones is 1. The number of Topliss-reactive ketones (excluding diaryl/α,β-unsaturated/α-hetero) is 1. The molecule has 39 heavy (non-hydrogen) atoms. The molecule has 1 saturated heterocycles. The molecule has 0 bridgehead atoms. The van der Waals surface area contributed by atoms with Crippen molar-refractivity contribution in [3.8, 4) is 5.75 Å². The summed E-state index contributed by atoms with van der Waals surface area (Å²) in [4.78, 5) is 28.6. The van der Waals surface area contributed by atoms with Gasteiger partial charge < -0.3 is 14.7 Å². The first kappa shape index (κ1) is 28.2. The van der Waals surface area contributed by atoms with E-state index in [9.17, 15) is 14.7 Å². The molecule has 5 nitrogen and oxygen atoms in total. The first-order chi connectivity index (χ1) is 18.4. The van der Waals surface area contributed by atoms with Crippen molar-refractivity contribution in [2.45, 2.75) is 72.9 Å². The zero-order valence-electron chi connectivity index (χ0n) is 24.1. The molecule has 0 saturated carbocycles. The van der Waals surface area contributed by atoms with Gasteiger partial charge >= 0.3 is 0 Å². The predicted octanol–water partition coefficient (Wildman–Crippen LogP) is 7.32. The molecule has 5 heteroatoms. The van der Waals surface area contributed by atoms with Gasteiger partial charge in [0, 0.05) is 12.1 Å². The lowest BCUT2D eigenvalue weighted by Crippen LogP contribution is -2.29. The quantitative estimate of drug-likeness (QED) is 0.199. The fourth-order valence-corrected chi connectivity index (χ4v) is 5.04. The van der Waals surface area contributed by atoms with E-state index < -0.39 is 17.7 Å². The Balaban J connectivity index is 1.85. The molecule has 0 aromatic heterocycles. The number of carbonyl (C=O) groups is 2. The van der Waals surface area contributed by atoms with Gasteiger partial charge in [-0.25, -0.2) is 0 Å². The molecule has 1 N–H and O–H groups in total. The van der Waals surface area contributed by atoms with Gasteiger partial charge in [-0.3, -0.25) is 9.59 Å². The van der Waals surface area contributed by atoms with E-state index in [2.05, 4.69) is 20.8 Å². The minimum absolute atomic E-state index is 0.0435. The summed E-state index contributed by atoms with van der Waals surface area (Å²) in [5.74, 6) is -0.724. The van der Waals surface area contributed by atoms with Gasteiger partial charge in [0.15, 0.2) is 0 Å². The number of nitrogens with zero attached hydrogens (tertiary/aromatic N) is 1. The largest absolute Gasteiger partial charge is 0.507 e. The van der Waals surface area contributed by atoms with Gasteiger partial charge in [0.2, 0.25) is 0 Å². The Hall–Kier alpha value is -3.86. The summed E-state index contributed by atoms with van der Waals surface area (Å²) in [5, 5.41) is 11.5. The van der Waals surface area contributed by atoms with Crippen LogP contribution in [0.5, 0.6) is 5.75 Å². The van der Waals surface area contributed by atoms with Crippen LogP contribution in [0.2, 0.25) is 0 Å². The van der Waals surface area contributed by atoms with Crippen LogP contribution in [0.1, 0.15) is 79.1 Å². The van der Waals surface area contributed by atoms with Crippen molar-refractivity contribution in [1.82, 2.24) is 4.90 Å². The zero-order chi connectivity index (χ0) is 28.5. The number of likely N-dealkylation sites (tertiary alicyclic amines) is 1. The van der Waals surface area contributed by atoms with Crippen molar-refractivity contribution in [3.63, 3.8) is 0 Å². The number of benzene rings is 3. The van der Waals surface area contributed by atoms with Gasteiger partial charge in [0.05, 0.1) is 18.2 Å². The lowest BCUT2D eigenvalue weighted by molar-refractivity contribution is -0.140. The molecule has 1 aliphatic heterocycles. The minimum Gasteiger partial charge on any atom is -0.507 e. The summed E-state index contributed by atoms with van der Waals surface area (Å²) in [5.41, 5.74) is 6.43. The van der Waals surface area contributed by atoms with Gasteiger partial charge in [0.25, 0.3) is 11.7 Å². The molecule has 3 aromatic carbocycles. The highest BCUT2D eigenvalue weighted by Crippen LogP contribution is 2.41. The number of amides is 1. The lowest BCUT2D eigenvalue weighted by Gasteiger charge is -2.27. The molecule has 1 atom stereocenters. The molecule has 4 rings (SSSR count). The van der Waals surface area contributed by atoms with E-state index in [0.717, 1.165) is 45.6 Å². The first-order valence-corrected chi connectivity index (χ1v) is 13.6. The van der Waals surface area contributed by atoms with Crippen molar-refractivity contribution in [2.24, 2.45) is 0 Å². The summed E-state index contributed by atoms with van der Waals surface area (Å²) in [7, 11) is 0. The number of ether oxygens (including phenoxy) is 1. The SMILES string of the molecule is CCCOc1ccc(/C(O)=C2/C(=O)C(=O)N(Cc3cc(C)ccc3C)C2c2ccc(C(C)(C)C)cc2)cc1C. The standard InChI is InChI=1S/C34H39NO4/c1-8-17-39-28-16-13-25(19-23(28)4)31(36)29-30(24-11-14-27(15-12-24)34(5,6)7)35(33(38)32(29)37)20-26-18-21(2)9-10-22(26)3/h9-16,18-19,30,36H,8,17,20H2,1-7H3/b31-29-. The smallest absolute Gasteiger partial charge is 0.295 e. The van der Waals surface area contributed by atoms with Crippen molar-refractivity contribution in [1.29, 1.82) is 0 Å². The lowest BCUT2D eigenvalue weighted by atomic mass is 9.85. The minimum atomic E-state index is -0.713. The van der Waals surface area contributed by atoms with Crippen LogP contribution in [0.3, 0.4) is 0 Å². The van der Waals surface area contributed by atoms with Gasteiger partial charge in [-0.1, -0.05) is 75.7 Å². The number of rotatable bonds is 7. The highest BCUT2D eigenvalue weighted by molar-refractivity contribution is 6.46. The van der Waals surface area contributed by atoms with E-state index in [4.69, 9.17) is 4.74 Å². The number of hydrogen-bond acceptors (Lipinski definition) is 4. The van der Waals surface area contributed by atoms with Crippen LogP contribution >= 0.6 is 0 Å². The van der Waals surface area contributed by atoms with Gasteiger partial charge in [-0.05, 0) is 78.6 Å². The van der Waals surface area contributed by atoms with Crippen LogP contribution in [0, 0.1) is 20.8 Å². The van der Waals surface area contributed by atoms with Crippen LogP contribution in [-0.2, 0) is 21.5 Å². The van der Waals surface area contributed by atoms with Crippen molar-refractivity contribution in [3.05, 3.63) is 105 Å². The summed E-state index contributed by atoms with van der Waals surface area (Å²) in [6.45, 7) is 15.3. The van der Waals surface area contributed by atoms with E-state index in [-0.39, 0.29) is 23.3 Å². The molecule has 0 aliphatic carbocycles. The average molecular weight is 526 g/mol. The first-order valence-electron chi connectivity index (χ1n) is 13.6. The Morgan fingerprint density at radius 2 is 1.62 bits per heavy atom. The van der Waals surface area contributed by atoms with Gasteiger partial charge in [-0.15, -0.1) is 0 Å². The molecule has 1 aliphatic rings. The topological polar surface area (TPSA) is 66.8 Å². The molecule has 0 radical (unpaired) electrons. The Morgan fingerprint density at radius 3 is 2.23 bits per heavy atom. The highest BCUT2D eigenvalue weighted by atomic mass is 16.5. The Labute approximate surface area is 232 Å². The maximum atomic E-state index is 13.5. The fourth-order valence-electron chi connectivity index (χ4n) is 5.04. The predicted molar refractivity (Wildman–Crippen MR) is 156 cm³/mol. The summed E-state index contributed by atoms with van der Waals surface area (Å²) >= 11 is 0. The molecule has 1 amide bonds. The number of aliphatic hydroxyl groups is 1. The van der Waals surface area contributed by atoms with E-state index in [0.29, 0.717) is 12.2 Å². The van der Waals surface area contributed by atoms with E-state index in [1.54, 1.807) is 23.1 Å². The Bertz CT molecular complexity index is 1430. The van der Waals surface area contributed by atoms with Crippen LogP contribution in [-0.4, -0.2) is 28.3 Å². The van der Waals surface area contributed by atoms with Crippen molar-refractivity contribution >= 4 is 17.4 Å². The summed E-state index contributed by atoms with van der Waals surface area (Å²) in [6.07, 6.45) is 0.888. The number of aliphatic hydroxyl groups excluding tert-OH is 1. The summed E-state index contributed by atoms with van der Waals surface area (Å²) < 4.78 is 5.79. The second-order valence-corrected chi connectivity index (χ2v) is 11.6. The van der Waals surface area contributed by atoms with Gasteiger partial charge in [-0.2, -0.15) is 0 Å². The van der Waals surface area contributed by atoms with E-state index in [1.807, 2.05) is 70.2 Å². The third-order valence-corrected chi connectivity index (χ3v) is 7.39. The molecule has 3 aromatic rings. The van der Waals surface area contributed by atoms with Crippen LogP contribution in [0.4, 0.5) is 0 Å². The molecular weight excluding hydrogens is 486 g/mol. The maximum absolute atomic E-state index is 13.5. The molecule has 1 fully saturated rings. The normalized spacial score (nSPS) is 17.1. The average Bonchev–Trinajstić information content (AvgIpc) is 3.14. The number of hydrogen-bond donors (Lipinski definition) is 1. The van der Waals surface area contributed by atoms with Crippen molar-refractivity contribution < 1.29 is 19.4 Å². The maximum Gasteiger partial charge on any atom is 0.295 e. The molecule has 204 valence electrons. The summed E-state index contributed by atoms with van der Waals surface area (Å²) in [6, 6.07) is 18.8. The number of aryl methyl sites for hydroxylation is 3. The molecular formula is C34H39NO4. The molecule has 1 unspecified atom stereocenters. The van der Waals surface area contributed by atoms with Gasteiger partial charge in [0.1, 0.15) is 11.5 Å². The monoisotopic (exact) mass is 525 g/mol. The molecule has 1 heterocycles. The van der Waals surface area contributed by atoms with Crippen LogP contribution in [0.25, 0.3) is 5.76 Å². The van der Waals surface area contributed by atoms with E-state index >= 15 is 0 Å². The highest BCUT2D eigenvalue weighted by Gasteiger charge is 2.46. The third kappa shape index (κ3) is 5.78. The van der Waals surface area contributed by atoms with Crippen molar-refractivity contribution in [2.75, 3.05) is 6.61 Å². The second-order valence-electron chi connectivity index (χ2n) is 11.6. The zero-order valence-corrected chi connectivity index (χ0v) is 24.1. The van der Waals surface area contributed by atoms with Crippen LogP contribution < -0.4 is 4.74 Å². The van der Waals surface area contributed by atoms with Crippen LogP contribution in [0.15, 0.2) is 66.2 Å². The molecule has 0 spiro atoms. The third-order valence-electron chi connectivity index (χ3n) is 7.39. The fraction of sp³-hybridized carbons (Fsp3) is 0.353. The Kier molecular flexibility index (Phi) is 8.01. The second kappa shape index (κ2) is 11.1.